The number of H-pyrrole nitrogens is 1. The summed E-state index contributed by atoms with van der Waals surface area (Å²) in [4.78, 5) is 22.1. The Morgan fingerprint density at radius 2 is 2.11 bits per heavy atom. The zero-order valence-corrected chi connectivity index (χ0v) is 15.2. The number of carbonyl (C=O) groups excluding carboxylic acids is 1. The molecule has 6 nitrogen and oxygen atoms in total. The molecular weight excluding hydrogens is 349 g/mol. The van der Waals surface area contributed by atoms with E-state index in [1.807, 2.05) is 18.2 Å². The molecule has 3 aromatic rings. The van der Waals surface area contributed by atoms with Crippen molar-refractivity contribution in [1.29, 1.82) is 0 Å². The largest absolute Gasteiger partial charge is 0.497 e. The quantitative estimate of drug-likeness (QED) is 0.762. The Kier molecular flexibility index (Phi) is 4.43. The number of nitrogens with zero attached hydrogens (tertiary/aromatic N) is 2. The van der Waals surface area contributed by atoms with Crippen LogP contribution in [0.4, 0.5) is 4.39 Å². The highest BCUT2D eigenvalue weighted by atomic mass is 19.1. The smallest absolute Gasteiger partial charge is 0.256 e. The number of methoxy groups -OCH3 is 2. The maximum absolute atomic E-state index is 14.0. The molecule has 1 unspecified atom stereocenters. The van der Waals surface area contributed by atoms with Crippen LogP contribution < -0.4 is 9.47 Å². The van der Waals surface area contributed by atoms with Crippen molar-refractivity contribution >= 4 is 16.9 Å². The molecule has 4 rings (SSSR count). The molecule has 0 radical (unpaired) electrons. The summed E-state index contributed by atoms with van der Waals surface area (Å²) >= 11 is 0. The second-order valence-corrected chi connectivity index (χ2v) is 6.52. The van der Waals surface area contributed by atoms with Gasteiger partial charge in [0.05, 0.1) is 37.7 Å². The van der Waals surface area contributed by atoms with Gasteiger partial charge >= 0.3 is 0 Å². The minimum Gasteiger partial charge on any atom is -0.497 e. The van der Waals surface area contributed by atoms with E-state index < -0.39 is 5.82 Å². The molecule has 2 aromatic carbocycles. The first-order valence-electron chi connectivity index (χ1n) is 8.78. The summed E-state index contributed by atoms with van der Waals surface area (Å²) in [5, 5.41) is 0. The van der Waals surface area contributed by atoms with Crippen LogP contribution in [0.2, 0.25) is 0 Å². The number of carbonyl (C=O) groups is 1. The summed E-state index contributed by atoms with van der Waals surface area (Å²) in [5.74, 6) is 0.665. The maximum atomic E-state index is 14.0. The standard InChI is InChI=1S/C20H20FN3O3/c1-26-13-5-6-14(18(10-13)27-2)17-4-3-7-24(17)20(25)15-8-12(21)9-16-19(15)23-11-22-16/h5-6,8-11,17H,3-4,7H2,1-2H3,(H,22,23). The summed E-state index contributed by atoms with van der Waals surface area (Å²) in [6.07, 6.45) is 3.15. The number of imidazole rings is 1. The molecule has 0 bridgehead atoms. The number of aromatic nitrogens is 2. The lowest BCUT2D eigenvalue weighted by Gasteiger charge is -2.26. The number of amides is 1. The number of hydrogen-bond donors (Lipinski definition) is 1. The summed E-state index contributed by atoms with van der Waals surface area (Å²) in [7, 11) is 3.19. The van der Waals surface area contributed by atoms with E-state index in [4.69, 9.17) is 9.47 Å². The highest BCUT2D eigenvalue weighted by Gasteiger charge is 2.33. The topological polar surface area (TPSA) is 67.5 Å². The molecule has 0 aliphatic carbocycles. The molecule has 1 fully saturated rings. The van der Waals surface area contributed by atoms with E-state index in [1.165, 1.54) is 18.5 Å². The number of nitrogens with one attached hydrogen (secondary N) is 1. The van der Waals surface area contributed by atoms with Crippen molar-refractivity contribution in [2.75, 3.05) is 20.8 Å². The second-order valence-electron chi connectivity index (χ2n) is 6.52. The van der Waals surface area contributed by atoms with Crippen LogP contribution in [0.25, 0.3) is 11.0 Å². The fourth-order valence-corrected chi connectivity index (χ4v) is 3.76. The fraction of sp³-hybridized carbons (Fsp3) is 0.300. The van der Waals surface area contributed by atoms with Gasteiger partial charge in [-0.1, -0.05) is 0 Å². The zero-order valence-electron chi connectivity index (χ0n) is 15.2. The van der Waals surface area contributed by atoms with Crippen LogP contribution in [0.15, 0.2) is 36.7 Å². The van der Waals surface area contributed by atoms with Crippen molar-refractivity contribution in [2.24, 2.45) is 0 Å². The number of fused-ring (bicyclic) bond motifs is 1. The third kappa shape index (κ3) is 2.99. The van der Waals surface area contributed by atoms with Crippen LogP contribution in [-0.4, -0.2) is 41.5 Å². The average Bonchev–Trinajstić information content (AvgIpc) is 3.35. The number of halogens is 1. The van der Waals surface area contributed by atoms with E-state index in [9.17, 15) is 9.18 Å². The van der Waals surface area contributed by atoms with Crippen molar-refractivity contribution in [2.45, 2.75) is 18.9 Å². The average molecular weight is 369 g/mol. The van der Waals surface area contributed by atoms with Crippen LogP contribution in [-0.2, 0) is 0 Å². The Morgan fingerprint density at radius 3 is 2.89 bits per heavy atom. The summed E-state index contributed by atoms with van der Waals surface area (Å²) in [6, 6.07) is 8.04. The van der Waals surface area contributed by atoms with Crippen molar-refractivity contribution in [1.82, 2.24) is 14.9 Å². The van der Waals surface area contributed by atoms with Gasteiger partial charge in [0.25, 0.3) is 5.91 Å². The Bertz CT molecular complexity index is 1000. The molecule has 140 valence electrons. The second kappa shape index (κ2) is 6.90. The lowest BCUT2D eigenvalue weighted by molar-refractivity contribution is 0.0735. The number of hydrogen-bond acceptors (Lipinski definition) is 4. The Labute approximate surface area is 155 Å². The van der Waals surface area contributed by atoms with E-state index in [-0.39, 0.29) is 17.5 Å². The molecule has 1 aliphatic heterocycles. The molecule has 27 heavy (non-hydrogen) atoms. The third-order valence-corrected chi connectivity index (χ3v) is 5.03. The Hall–Kier alpha value is -3.09. The molecule has 1 saturated heterocycles. The normalized spacial score (nSPS) is 16.7. The van der Waals surface area contributed by atoms with Crippen molar-refractivity contribution in [3.8, 4) is 11.5 Å². The zero-order chi connectivity index (χ0) is 19.0. The molecule has 1 amide bonds. The van der Waals surface area contributed by atoms with E-state index in [0.717, 1.165) is 18.4 Å². The number of benzene rings is 2. The van der Waals surface area contributed by atoms with Gasteiger partial charge < -0.3 is 19.4 Å². The first kappa shape index (κ1) is 17.3. The van der Waals surface area contributed by atoms with E-state index in [0.29, 0.717) is 29.1 Å². The highest BCUT2D eigenvalue weighted by molar-refractivity contribution is 6.05. The number of ether oxygens (including phenoxy) is 2. The van der Waals surface area contributed by atoms with Gasteiger partial charge in [-0.05, 0) is 37.1 Å². The Balaban J connectivity index is 1.73. The van der Waals surface area contributed by atoms with Gasteiger partial charge in [0, 0.05) is 18.2 Å². The summed E-state index contributed by atoms with van der Waals surface area (Å²) < 4.78 is 24.8. The molecule has 1 aromatic heterocycles. The summed E-state index contributed by atoms with van der Waals surface area (Å²) in [5.41, 5.74) is 2.18. The monoisotopic (exact) mass is 369 g/mol. The van der Waals surface area contributed by atoms with Crippen LogP contribution in [0.3, 0.4) is 0 Å². The summed E-state index contributed by atoms with van der Waals surface area (Å²) in [6.45, 7) is 0.598. The minimum absolute atomic E-state index is 0.143. The molecule has 2 heterocycles. The molecular formula is C20H20FN3O3. The van der Waals surface area contributed by atoms with Gasteiger partial charge in [0.1, 0.15) is 22.8 Å². The van der Waals surface area contributed by atoms with Crippen LogP contribution in [0.1, 0.15) is 34.8 Å². The minimum atomic E-state index is -0.465. The van der Waals surface area contributed by atoms with Gasteiger partial charge in [-0.3, -0.25) is 4.79 Å². The molecule has 1 N–H and O–H groups in total. The van der Waals surface area contributed by atoms with Gasteiger partial charge in [-0.25, -0.2) is 9.37 Å². The number of likely N-dealkylation sites (tertiary alicyclic amines) is 1. The SMILES string of the molecule is COc1ccc(C2CCCN2C(=O)c2cc(F)cc3[nH]cnc23)c(OC)c1. The maximum Gasteiger partial charge on any atom is 0.256 e. The predicted octanol–water partition coefficient (Wildman–Crippen LogP) is 3.70. The highest BCUT2D eigenvalue weighted by Crippen LogP contribution is 2.39. The van der Waals surface area contributed by atoms with Crippen LogP contribution in [0, 0.1) is 5.82 Å². The predicted molar refractivity (Wildman–Crippen MR) is 98.6 cm³/mol. The van der Waals surface area contributed by atoms with Gasteiger partial charge in [0.2, 0.25) is 0 Å². The van der Waals surface area contributed by atoms with E-state index in [1.54, 1.807) is 19.1 Å². The van der Waals surface area contributed by atoms with E-state index >= 15 is 0 Å². The lowest BCUT2D eigenvalue weighted by Crippen LogP contribution is -2.31. The van der Waals surface area contributed by atoms with Crippen LogP contribution >= 0.6 is 0 Å². The first-order valence-corrected chi connectivity index (χ1v) is 8.78. The fourth-order valence-electron chi connectivity index (χ4n) is 3.76. The van der Waals surface area contributed by atoms with Gasteiger partial charge in [-0.15, -0.1) is 0 Å². The van der Waals surface area contributed by atoms with Gasteiger partial charge in [-0.2, -0.15) is 0 Å². The van der Waals surface area contributed by atoms with Crippen LogP contribution in [0.5, 0.6) is 11.5 Å². The molecule has 1 aliphatic rings. The van der Waals surface area contributed by atoms with Crippen molar-refractivity contribution < 1.29 is 18.7 Å². The lowest BCUT2D eigenvalue weighted by atomic mass is 10.0. The molecule has 7 heteroatoms. The van der Waals surface area contributed by atoms with Crippen molar-refractivity contribution in [3.05, 3.63) is 53.6 Å². The van der Waals surface area contributed by atoms with Crippen molar-refractivity contribution in [3.63, 3.8) is 0 Å². The number of rotatable bonds is 4. The Morgan fingerprint density at radius 1 is 1.26 bits per heavy atom. The van der Waals surface area contributed by atoms with Gasteiger partial charge in [0.15, 0.2) is 0 Å². The molecule has 0 saturated carbocycles. The van der Waals surface area contributed by atoms with E-state index in [2.05, 4.69) is 9.97 Å². The third-order valence-electron chi connectivity index (χ3n) is 5.03. The molecule has 0 spiro atoms. The number of aromatic amines is 1. The molecule has 1 atom stereocenters. The first-order chi connectivity index (χ1) is 13.1.